The molecule has 1 amide bonds. The Morgan fingerprint density at radius 1 is 1.42 bits per heavy atom. The van der Waals surface area contributed by atoms with E-state index in [1.807, 2.05) is 0 Å². The molecule has 0 fully saturated rings. The van der Waals surface area contributed by atoms with Crippen LogP contribution in [0.5, 0.6) is 0 Å². The Morgan fingerprint density at radius 2 is 2.21 bits per heavy atom. The first-order valence-corrected chi connectivity index (χ1v) is 5.59. The van der Waals surface area contributed by atoms with Gasteiger partial charge in [-0.05, 0) is 18.2 Å². The molecule has 0 radical (unpaired) electrons. The molecule has 19 heavy (non-hydrogen) atoms. The van der Waals surface area contributed by atoms with Gasteiger partial charge in [-0.1, -0.05) is 11.6 Å². The van der Waals surface area contributed by atoms with Crippen molar-refractivity contribution >= 4 is 29.2 Å². The Balaban J connectivity index is 2.05. The van der Waals surface area contributed by atoms with Gasteiger partial charge in [0.05, 0.1) is 10.6 Å². The van der Waals surface area contributed by atoms with Crippen molar-refractivity contribution in [3.05, 3.63) is 41.4 Å². The van der Waals surface area contributed by atoms with E-state index in [0.717, 1.165) is 0 Å². The van der Waals surface area contributed by atoms with Crippen LogP contribution < -0.4 is 5.32 Å². The Hall–Kier alpha value is -2.41. The Bertz CT molecular complexity index is 612. The highest BCUT2D eigenvalue weighted by molar-refractivity contribution is 6.33. The number of nitrogens with zero attached hydrogens (tertiary/aromatic N) is 3. The molecule has 0 saturated carbocycles. The topological polar surface area (TPSA) is 97.1 Å². The number of rotatable bonds is 4. The van der Waals surface area contributed by atoms with Crippen LogP contribution in [-0.2, 0) is 11.3 Å². The van der Waals surface area contributed by atoms with E-state index in [4.69, 9.17) is 16.7 Å². The molecule has 1 aromatic heterocycles. The molecule has 0 unspecified atom stereocenters. The van der Waals surface area contributed by atoms with E-state index in [9.17, 15) is 9.59 Å². The average molecular weight is 281 g/mol. The van der Waals surface area contributed by atoms with Crippen molar-refractivity contribution < 1.29 is 14.7 Å². The minimum Gasteiger partial charge on any atom is -0.478 e. The van der Waals surface area contributed by atoms with Gasteiger partial charge in [-0.3, -0.25) is 4.79 Å². The molecule has 0 atom stereocenters. The molecule has 0 spiro atoms. The van der Waals surface area contributed by atoms with E-state index >= 15 is 0 Å². The average Bonchev–Trinajstić information content (AvgIpc) is 2.81. The smallest absolute Gasteiger partial charge is 0.337 e. The lowest BCUT2D eigenvalue weighted by Crippen LogP contribution is -2.19. The third-order valence-corrected chi connectivity index (χ3v) is 2.57. The lowest BCUT2D eigenvalue weighted by Gasteiger charge is -2.06. The quantitative estimate of drug-likeness (QED) is 0.879. The van der Waals surface area contributed by atoms with Crippen molar-refractivity contribution in [1.29, 1.82) is 0 Å². The van der Waals surface area contributed by atoms with Crippen molar-refractivity contribution in [3.63, 3.8) is 0 Å². The summed E-state index contributed by atoms with van der Waals surface area (Å²) in [6.45, 7) is 0.0122. The Kier molecular flexibility index (Phi) is 3.76. The van der Waals surface area contributed by atoms with Gasteiger partial charge in [-0.2, -0.15) is 5.10 Å². The highest BCUT2D eigenvalue weighted by Crippen LogP contribution is 2.20. The number of halogens is 1. The molecule has 8 heteroatoms. The SMILES string of the molecule is O=C(Cn1cncn1)Nc1ccc(C(=O)O)c(Cl)c1. The molecule has 0 aliphatic carbocycles. The van der Waals surface area contributed by atoms with E-state index in [0.29, 0.717) is 5.69 Å². The number of nitrogens with one attached hydrogen (secondary N) is 1. The van der Waals surface area contributed by atoms with Gasteiger partial charge in [0.1, 0.15) is 19.2 Å². The van der Waals surface area contributed by atoms with E-state index < -0.39 is 5.97 Å². The maximum Gasteiger partial charge on any atom is 0.337 e. The Labute approximate surface area is 112 Å². The minimum atomic E-state index is -1.12. The van der Waals surface area contributed by atoms with Crippen LogP contribution in [0.1, 0.15) is 10.4 Å². The fourth-order valence-corrected chi connectivity index (χ4v) is 1.69. The zero-order valence-corrected chi connectivity index (χ0v) is 10.3. The van der Waals surface area contributed by atoms with Gasteiger partial charge < -0.3 is 10.4 Å². The number of hydrogen-bond acceptors (Lipinski definition) is 4. The van der Waals surface area contributed by atoms with Gasteiger partial charge in [0.2, 0.25) is 5.91 Å². The summed E-state index contributed by atoms with van der Waals surface area (Å²) < 4.78 is 1.36. The van der Waals surface area contributed by atoms with Gasteiger partial charge in [-0.25, -0.2) is 14.5 Å². The first-order valence-electron chi connectivity index (χ1n) is 5.21. The van der Waals surface area contributed by atoms with E-state index in [-0.39, 0.29) is 23.0 Å². The maximum absolute atomic E-state index is 11.7. The second-order valence-corrected chi connectivity index (χ2v) is 4.05. The highest BCUT2D eigenvalue weighted by Gasteiger charge is 2.10. The number of carbonyl (C=O) groups excluding carboxylic acids is 1. The fourth-order valence-electron chi connectivity index (χ4n) is 1.43. The third kappa shape index (κ3) is 3.29. The molecule has 98 valence electrons. The second kappa shape index (κ2) is 5.49. The van der Waals surface area contributed by atoms with Crippen LogP contribution >= 0.6 is 11.6 Å². The predicted molar refractivity (Wildman–Crippen MR) is 67.1 cm³/mol. The van der Waals surface area contributed by atoms with Crippen molar-refractivity contribution in [2.24, 2.45) is 0 Å². The second-order valence-electron chi connectivity index (χ2n) is 3.64. The number of amides is 1. The molecule has 2 N–H and O–H groups in total. The number of benzene rings is 1. The minimum absolute atomic E-state index is 0.0122. The number of anilines is 1. The van der Waals surface area contributed by atoms with Crippen molar-refractivity contribution in [1.82, 2.24) is 14.8 Å². The standard InChI is InChI=1S/C11H9ClN4O3/c12-9-3-7(1-2-8(9)11(18)19)15-10(17)4-16-6-13-5-14-16/h1-3,5-6H,4H2,(H,15,17)(H,18,19). The van der Waals surface area contributed by atoms with E-state index in [2.05, 4.69) is 15.4 Å². The molecule has 2 rings (SSSR count). The molecule has 0 aliphatic rings. The summed E-state index contributed by atoms with van der Waals surface area (Å²) in [4.78, 5) is 26.1. The van der Waals surface area contributed by atoms with Crippen LogP contribution in [0.25, 0.3) is 0 Å². The zero-order valence-electron chi connectivity index (χ0n) is 9.58. The first-order chi connectivity index (χ1) is 9.06. The molecular formula is C11H9ClN4O3. The molecule has 0 aliphatic heterocycles. The highest BCUT2D eigenvalue weighted by atomic mass is 35.5. The fraction of sp³-hybridized carbons (Fsp3) is 0.0909. The molecular weight excluding hydrogens is 272 g/mol. The third-order valence-electron chi connectivity index (χ3n) is 2.26. The number of carbonyl (C=O) groups is 2. The van der Waals surface area contributed by atoms with Crippen molar-refractivity contribution in [2.45, 2.75) is 6.54 Å². The largest absolute Gasteiger partial charge is 0.478 e. The number of aromatic nitrogens is 3. The van der Waals surface area contributed by atoms with Gasteiger partial charge in [-0.15, -0.1) is 0 Å². The van der Waals surface area contributed by atoms with Crippen LogP contribution in [0.2, 0.25) is 5.02 Å². The number of hydrogen-bond donors (Lipinski definition) is 2. The van der Waals surface area contributed by atoms with Crippen molar-refractivity contribution in [3.8, 4) is 0 Å². The van der Waals surface area contributed by atoms with Crippen LogP contribution in [0.15, 0.2) is 30.9 Å². The number of carboxylic acid groups (broad SMARTS) is 1. The van der Waals surface area contributed by atoms with Crippen LogP contribution in [-0.4, -0.2) is 31.7 Å². The summed E-state index contributed by atoms with van der Waals surface area (Å²) in [6, 6.07) is 4.18. The van der Waals surface area contributed by atoms with E-state index in [1.54, 1.807) is 0 Å². The van der Waals surface area contributed by atoms with Crippen LogP contribution in [0.3, 0.4) is 0 Å². The summed E-state index contributed by atoms with van der Waals surface area (Å²) in [6.07, 6.45) is 2.74. The Morgan fingerprint density at radius 3 is 2.79 bits per heavy atom. The lowest BCUT2D eigenvalue weighted by molar-refractivity contribution is -0.116. The molecule has 0 bridgehead atoms. The molecule has 1 heterocycles. The molecule has 2 aromatic rings. The molecule has 0 saturated heterocycles. The normalized spacial score (nSPS) is 10.2. The van der Waals surface area contributed by atoms with Crippen LogP contribution in [0, 0.1) is 0 Å². The maximum atomic E-state index is 11.7. The summed E-state index contributed by atoms with van der Waals surface area (Å²) in [7, 11) is 0. The summed E-state index contributed by atoms with van der Waals surface area (Å²) in [5.41, 5.74) is 0.399. The van der Waals surface area contributed by atoms with E-state index in [1.165, 1.54) is 35.5 Å². The van der Waals surface area contributed by atoms with Crippen LogP contribution in [0.4, 0.5) is 5.69 Å². The predicted octanol–water partition coefficient (Wildman–Crippen LogP) is 1.27. The zero-order chi connectivity index (χ0) is 13.8. The summed E-state index contributed by atoms with van der Waals surface area (Å²) in [5.74, 6) is -1.44. The number of carboxylic acids is 1. The van der Waals surface area contributed by atoms with Gasteiger partial charge in [0.25, 0.3) is 0 Å². The summed E-state index contributed by atoms with van der Waals surface area (Å²) >= 11 is 5.79. The first kappa shape index (κ1) is 13.0. The van der Waals surface area contributed by atoms with Crippen molar-refractivity contribution in [2.75, 3.05) is 5.32 Å². The van der Waals surface area contributed by atoms with Gasteiger partial charge >= 0.3 is 5.97 Å². The van der Waals surface area contributed by atoms with Gasteiger partial charge in [0.15, 0.2) is 0 Å². The molecule has 7 nitrogen and oxygen atoms in total. The molecule has 1 aromatic carbocycles. The number of aromatic carboxylic acids is 1. The lowest BCUT2D eigenvalue weighted by atomic mass is 10.2. The van der Waals surface area contributed by atoms with Gasteiger partial charge in [0, 0.05) is 5.69 Å². The summed E-state index contributed by atoms with van der Waals surface area (Å²) in [5, 5.41) is 15.3. The monoisotopic (exact) mass is 280 g/mol.